The number of thiazole rings is 1. The number of hydrogen-bond donors (Lipinski definition) is 0. The maximum Gasteiger partial charge on any atom is 0.350 e. The second-order valence-electron chi connectivity index (χ2n) is 5.23. The van der Waals surface area contributed by atoms with Crippen molar-refractivity contribution in [1.82, 2.24) is 4.98 Å². The summed E-state index contributed by atoms with van der Waals surface area (Å²) in [6.45, 7) is 7.59. The third-order valence-electron chi connectivity index (χ3n) is 3.35. The molecule has 0 N–H and O–H groups in total. The number of esters is 1. The number of carbonyl (C=O) groups excluding carboxylic acids is 1. The molecule has 0 aliphatic carbocycles. The molecule has 26 heavy (non-hydrogen) atoms. The summed E-state index contributed by atoms with van der Waals surface area (Å²) in [4.78, 5) is 27.5. The first-order valence-corrected chi connectivity index (χ1v) is 8.90. The molecule has 0 amide bonds. The molecule has 1 aromatic heterocycles. The molecule has 2 aromatic rings. The topological polar surface area (TPSA) is 101 Å². The number of nitrogens with zero attached hydrogens (tertiary/aromatic N) is 2. The Bertz CT molecular complexity index is 805. The van der Waals surface area contributed by atoms with Crippen molar-refractivity contribution < 1.29 is 23.9 Å². The molecule has 0 saturated heterocycles. The molecule has 0 fully saturated rings. The fraction of sp³-hybridized carbons (Fsp3) is 0.412. The fourth-order valence-electron chi connectivity index (χ4n) is 2.25. The Morgan fingerprint density at radius 3 is 2.69 bits per heavy atom. The van der Waals surface area contributed by atoms with Crippen LogP contribution in [-0.4, -0.2) is 35.4 Å². The lowest BCUT2D eigenvalue weighted by atomic mass is 10.2. The van der Waals surface area contributed by atoms with Crippen molar-refractivity contribution in [2.24, 2.45) is 0 Å². The highest BCUT2D eigenvalue weighted by Gasteiger charge is 2.22. The first kappa shape index (κ1) is 19.8. The highest BCUT2D eigenvalue weighted by Crippen LogP contribution is 2.35. The second kappa shape index (κ2) is 8.72. The van der Waals surface area contributed by atoms with Crippen molar-refractivity contribution in [2.45, 2.75) is 34.0 Å². The predicted octanol–water partition coefficient (Wildman–Crippen LogP) is 3.96. The fourth-order valence-corrected chi connectivity index (χ4v) is 3.20. The van der Waals surface area contributed by atoms with Crippen molar-refractivity contribution in [3.63, 3.8) is 0 Å². The van der Waals surface area contributed by atoms with Gasteiger partial charge in [-0.05, 0) is 39.8 Å². The molecular weight excluding hydrogens is 360 g/mol. The molecule has 0 spiro atoms. The zero-order valence-electron chi connectivity index (χ0n) is 15.0. The first-order valence-electron chi connectivity index (χ1n) is 8.08. The average Bonchev–Trinajstić information content (AvgIpc) is 2.97. The highest BCUT2D eigenvalue weighted by molar-refractivity contribution is 7.17. The Balaban J connectivity index is 2.36. The minimum atomic E-state index is -0.609. The SMILES string of the molecule is CCOC(=O)c1sc(-c2ccc(OC(C)OCC)c([N+](=O)[O-])c2)nc1C. The third kappa shape index (κ3) is 4.55. The first-order chi connectivity index (χ1) is 12.4. The van der Waals surface area contributed by atoms with Gasteiger partial charge in [0.05, 0.1) is 17.2 Å². The van der Waals surface area contributed by atoms with Crippen LogP contribution in [0.25, 0.3) is 10.6 Å². The van der Waals surface area contributed by atoms with Crippen LogP contribution in [0.15, 0.2) is 18.2 Å². The van der Waals surface area contributed by atoms with E-state index in [0.717, 1.165) is 11.3 Å². The van der Waals surface area contributed by atoms with E-state index in [1.165, 1.54) is 12.1 Å². The van der Waals surface area contributed by atoms with Gasteiger partial charge in [-0.25, -0.2) is 9.78 Å². The van der Waals surface area contributed by atoms with Crippen LogP contribution in [0.3, 0.4) is 0 Å². The van der Waals surface area contributed by atoms with Crippen LogP contribution >= 0.6 is 11.3 Å². The van der Waals surface area contributed by atoms with Crippen LogP contribution in [-0.2, 0) is 9.47 Å². The van der Waals surface area contributed by atoms with Crippen LogP contribution < -0.4 is 4.74 Å². The summed E-state index contributed by atoms with van der Waals surface area (Å²) in [5.41, 5.74) is 0.854. The Kier molecular flexibility index (Phi) is 6.64. The van der Waals surface area contributed by atoms with Gasteiger partial charge in [0.25, 0.3) is 0 Å². The highest BCUT2D eigenvalue weighted by atomic mass is 32.1. The van der Waals surface area contributed by atoms with Gasteiger partial charge in [0, 0.05) is 18.2 Å². The van der Waals surface area contributed by atoms with Gasteiger partial charge in [-0.15, -0.1) is 11.3 Å². The maximum atomic E-state index is 11.9. The van der Waals surface area contributed by atoms with Crippen molar-refractivity contribution in [2.75, 3.05) is 13.2 Å². The number of benzene rings is 1. The monoisotopic (exact) mass is 380 g/mol. The number of rotatable bonds is 8. The number of hydrogen-bond acceptors (Lipinski definition) is 8. The van der Waals surface area contributed by atoms with E-state index >= 15 is 0 Å². The Morgan fingerprint density at radius 2 is 2.08 bits per heavy atom. The summed E-state index contributed by atoms with van der Waals surface area (Å²) in [7, 11) is 0. The summed E-state index contributed by atoms with van der Waals surface area (Å²) in [5.74, 6) is -0.340. The molecule has 8 nitrogen and oxygen atoms in total. The van der Waals surface area contributed by atoms with Gasteiger partial charge < -0.3 is 14.2 Å². The average molecular weight is 380 g/mol. The summed E-state index contributed by atoms with van der Waals surface area (Å²) in [6, 6.07) is 4.54. The van der Waals surface area contributed by atoms with Crippen molar-refractivity contribution >= 4 is 23.0 Å². The van der Waals surface area contributed by atoms with Crippen LogP contribution in [0.5, 0.6) is 5.75 Å². The zero-order valence-corrected chi connectivity index (χ0v) is 15.8. The standard InChI is InChI=1S/C17H20N2O6S/c1-5-23-11(4)25-14-8-7-12(9-13(14)19(21)22)16-18-10(3)15(26-16)17(20)24-6-2/h7-9,11H,5-6H2,1-4H3. The molecule has 0 radical (unpaired) electrons. The van der Waals surface area contributed by atoms with Crippen LogP contribution in [0.2, 0.25) is 0 Å². The van der Waals surface area contributed by atoms with E-state index in [4.69, 9.17) is 14.2 Å². The molecule has 140 valence electrons. The Morgan fingerprint density at radius 1 is 1.35 bits per heavy atom. The smallest absolute Gasteiger partial charge is 0.350 e. The molecule has 0 aliphatic heterocycles. The van der Waals surface area contributed by atoms with Crippen molar-refractivity contribution in [1.29, 1.82) is 0 Å². The molecule has 1 heterocycles. The number of aryl methyl sites for hydroxylation is 1. The number of ether oxygens (including phenoxy) is 3. The van der Waals surface area contributed by atoms with Gasteiger partial charge in [0.15, 0.2) is 12.0 Å². The Hall–Kier alpha value is -2.52. The van der Waals surface area contributed by atoms with E-state index in [9.17, 15) is 14.9 Å². The Labute approximate surface area is 154 Å². The number of nitro groups is 1. The molecule has 1 unspecified atom stereocenters. The quantitative estimate of drug-likeness (QED) is 0.296. The van der Waals surface area contributed by atoms with E-state index in [1.807, 2.05) is 6.92 Å². The summed E-state index contributed by atoms with van der Waals surface area (Å²) < 4.78 is 15.7. The summed E-state index contributed by atoms with van der Waals surface area (Å²) in [6.07, 6.45) is -0.609. The minimum absolute atomic E-state index is 0.110. The third-order valence-corrected chi connectivity index (χ3v) is 4.54. The lowest BCUT2D eigenvalue weighted by molar-refractivity contribution is -0.386. The molecule has 0 saturated carbocycles. The largest absolute Gasteiger partial charge is 0.462 e. The van der Waals surface area contributed by atoms with E-state index in [-0.39, 0.29) is 18.0 Å². The van der Waals surface area contributed by atoms with E-state index in [2.05, 4.69) is 4.98 Å². The molecule has 2 rings (SSSR count). The maximum absolute atomic E-state index is 11.9. The molecule has 1 aromatic carbocycles. The van der Waals surface area contributed by atoms with Gasteiger partial charge in [-0.1, -0.05) is 0 Å². The lowest BCUT2D eigenvalue weighted by Gasteiger charge is -2.14. The second-order valence-corrected chi connectivity index (χ2v) is 6.23. The van der Waals surface area contributed by atoms with Crippen LogP contribution in [0.1, 0.15) is 36.1 Å². The van der Waals surface area contributed by atoms with E-state index < -0.39 is 17.2 Å². The van der Waals surface area contributed by atoms with Gasteiger partial charge in [0.2, 0.25) is 0 Å². The van der Waals surface area contributed by atoms with Gasteiger partial charge in [0.1, 0.15) is 9.88 Å². The predicted molar refractivity (Wildman–Crippen MR) is 96.6 cm³/mol. The number of carbonyl (C=O) groups is 1. The van der Waals surface area contributed by atoms with E-state index in [0.29, 0.717) is 27.7 Å². The van der Waals surface area contributed by atoms with Gasteiger partial charge >= 0.3 is 11.7 Å². The van der Waals surface area contributed by atoms with Crippen LogP contribution in [0, 0.1) is 17.0 Å². The van der Waals surface area contributed by atoms with Crippen molar-refractivity contribution in [3.8, 4) is 16.3 Å². The molecular formula is C17H20N2O6S. The van der Waals surface area contributed by atoms with Gasteiger partial charge in [-0.3, -0.25) is 10.1 Å². The molecule has 9 heteroatoms. The van der Waals surface area contributed by atoms with Crippen molar-refractivity contribution in [3.05, 3.63) is 38.9 Å². The summed E-state index contributed by atoms with van der Waals surface area (Å²) in [5, 5.41) is 11.9. The molecule has 0 bridgehead atoms. The molecule has 0 aliphatic rings. The summed E-state index contributed by atoms with van der Waals surface area (Å²) >= 11 is 1.14. The zero-order chi connectivity index (χ0) is 19.3. The van der Waals surface area contributed by atoms with E-state index in [1.54, 1.807) is 26.8 Å². The normalized spacial score (nSPS) is 11.8. The number of aromatic nitrogens is 1. The van der Waals surface area contributed by atoms with Gasteiger partial charge in [-0.2, -0.15) is 0 Å². The lowest BCUT2D eigenvalue weighted by Crippen LogP contribution is -2.16. The van der Waals surface area contributed by atoms with Crippen LogP contribution in [0.4, 0.5) is 5.69 Å². The minimum Gasteiger partial charge on any atom is -0.462 e. The number of nitro benzene ring substituents is 1. The molecule has 1 atom stereocenters.